The van der Waals surface area contributed by atoms with Gasteiger partial charge in [-0.05, 0) is 17.5 Å². The van der Waals surface area contributed by atoms with E-state index in [9.17, 15) is 4.79 Å². The van der Waals surface area contributed by atoms with Crippen LogP contribution in [0.5, 0.6) is 0 Å². The third-order valence-corrected chi connectivity index (χ3v) is 2.23. The van der Waals surface area contributed by atoms with E-state index in [0.29, 0.717) is 0 Å². The van der Waals surface area contributed by atoms with E-state index in [-0.39, 0.29) is 11.9 Å². The largest absolute Gasteiger partial charge is 0.349 e. The lowest BCUT2D eigenvalue weighted by Crippen LogP contribution is -2.34. The van der Waals surface area contributed by atoms with Gasteiger partial charge in [-0.15, -0.1) is 0 Å². The Morgan fingerprint density at radius 2 is 2.25 bits per heavy atom. The maximum atomic E-state index is 10.7. The van der Waals surface area contributed by atoms with Gasteiger partial charge in [0.2, 0.25) is 5.91 Å². The lowest BCUT2D eigenvalue weighted by molar-refractivity contribution is -0.119. The molecule has 0 saturated carbocycles. The van der Waals surface area contributed by atoms with E-state index in [1.807, 2.05) is 12.1 Å². The Bertz CT molecular complexity index is 319. The van der Waals surface area contributed by atoms with Crippen molar-refractivity contribution in [3.05, 3.63) is 35.4 Å². The smallest absolute Gasteiger partial charge is 0.217 e. The van der Waals surface area contributed by atoms with Gasteiger partial charge in [-0.3, -0.25) is 4.79 Å². The third-order valence-electron chi connectivity index (χ3n) is 2.23. The highest BCUT2D eigenvalue weighted by molar-refractivity contribution is 5.74. The van der Waals surface area contributed by atoms with Crippen LogP contribution in [0, 0.1) is 0 Å². The molecular formula is C10H11NO. The molecule has 1 N–H and O–H groups in total. The molecule has 2 rings (SSSR count). The van der Waals surface area contributed by atoms with Crippen molar-refractivity contribution in [1.29, 1.82) is 0 Å². The quantitative estimate of drug-likeness (QED) is 0.663. The number of nitrogens with one attached hydrogen (secondary N) is 1. The predicted molar refractivity (Wildman–Crippen MR) is 46.7 cm³/mol. The van der Waals surface area contributed by atoms with Crippen LogP contribution in [-0.4, -0.2) is 5.91 Å². The molecule has 0 heterocycles. The van der Waals surface area contributed by atoms with Crippen LogP contribution in [0.15, 0.2) is 24.3 Å². The van der Waals surface area contributed by atoms with Crippen LogP contribution in [-0.2, 0) is 11.2 Å². The Kier molecular flexibility index (Phi) is 1.61. The van der Waals surface area contributed by atoms with Gasteiger partial charge >= 0.3 is 0 Å². The fourth-order valence-corrected chi connectivity index (χ4v) is 1.63. The first-order chi connectivity index (χ1) is 5.77. The van der Waals surface area contributed by atoms with Gasteiger partial charge in [-0.2, -0.15) is 0 Å². The van der Waals surface area contributed by atoms with Gasteiger partial charge in [0.25, 0.3) is 0 Å². The fourth-order valence-electron chi connectivity index (χ4n) is 1.63. The summed E-state index contributed by atoms with van der Waals surface area (Å²) < 4.78 is 0. The molecule has 2 nitrogen and oxygen atoms in total. The number of hydrogen-bond donors (Lipinski definition) is 1. The van der Waals surface area contributed by atoms with Crippen LogP contribution in [0.3, 0.4) is 0 Å². The van der Waals surface area contributed by atoms with Gasteiger partial charge in [0.05, 0.1) is 6.04 Å². The standard InChI is InChI=1S/C10H11NO/c1-7(12)11-10-6-8-4-2-3-5-9(8)10/h2-5,10H,6H2,1H3,(H,11,12). The fraction of sp³-hybridized carbons (Fsp3) is 0.300. The minimum absolute atomic E-state index is 0.0505. The van der Waals surface area contributed by atoms with Crippen LogP contribution in [0.1, 0.15) is 24.1 Å². The molecule has 0 bridgehead atoms. The third kappa shape index (κ3) is 1.09. The van der Waals surface area contributed by atoms with Crippen molar-refractivity contribution in [2.45, 2.75) is 19.4 Å². The zero-order valence-electron chi connectivity index (χ0n) is 7.00. The Balaban J connectivity index is 2.15. The van der Waals surface area contributed by atoms with Crippen LogP contribution >= 0.6 is 0 Å². The van der Waals surface area contributed by atoms with Crippen molar-refractivity contribution >= 4 is 5.91 Å². The minimum atomic E-state index is 0.0505. The van der Waals surface area contributed by atoms with Crippen molar-refractivity contribution < 1.29 is 4.79 Å². The summed E-state index contributed by atoms with van der Waals surface area (Å²) in [5.41, 5.74) is 2.63. The first-order valence-corrected chi connectivity index (χ1v) is 4.12. The van der Waals surface area contributed by atoms with Crippen molar-refractivity contribution in [1.82, 2.24) is 5.32 Å². The van der Waals surface area contributed by atoms with E-state index in [1.165, 1.54) is 11.1 Å². The molecule has 0 aliphatic heterocycles. The number of rotatable bonds is 1. The summed E-state index contributed by atoms with van der Waals surface area (Å²) in [6, 6.07) is 8.47. The first kappa shape index (κ1) is 7.35. The van der Waals surface area contributed by atoms with Crippen molar-refractivity contribution in [2.24, 2.45) is 0 Å². The van der Waals surface area contributed by atoms with Crippen LogP contribution < -0.4 is 5.32 Å². The lowest BCUT2D eigenvalue weighted by Gasteiger charge is -2.30. The molecular weight excluding hydrogens is 150 g/mol. The maximum Gasteiger partial charge on any atom is 0.217 e. The number of hydrogen-bond acceptors (Lipinski definition) is 1. The topological polar surface area (TPSA) is 29.1 Å². The van der Waals surface area contributed by atoms with Gasteiger partial charge in [0.15, 0.2) is 0 Å². The summed E-state index contributed by atoms with van der Waals surface area (Å²) in [4.78, 5) is 10.7. The Morgan fingerprint density at radius 1 is 1.50 bits per heavy atom. The summed E-state index contributed by atoms with van der Waals surface area (Å²) in [6.07, 6.45) is 0.982. The van der Waals surface area contributed by atoms with E-state index in [2.05, 4.69) is 17.4 Å². The number of carbonyl (C=O) groups excluding carboxylic acids is 1. The molecule has 1 amide bonds. The predicted octanol–water partition coefficient (Wildman–Crippen LogP) is 1.42. The van der Waals surface area contributed by atoms with E-state index < -0.39 is 0 Å². The average molecular weight is 161 g/mol. The molecule has 62 valence electrons. The summed E-state index contributed by atoms with van der Waals surface area (Å²) >= 11 is 0. The molecule has 0 saturated heterocycles. The van der Waals surface area contributed by atoms with Gasteiger partial charge in [0.1, 0.15) is 0 Å². The van der Waals surface area contributed by atoms with Gasteiger partial charge in [0, 0.05) is 6.92 Å². The van der Waals surface area contributed by atoms with Crippen molar-refractivity contribution in [2.75, 3.05) is 0 Å². The van der Waals surface area contributed by atoms with E-state index >= 15 is 0 Å². The second-order valence-electron chi connectivity index (χ2n) is 3.16. The summed E-state index contributed by atoms with van der Waals surface area (Å²) in [7, 11) is 0. The average Bonchev–Trinajstić information content (AvgIpc) is 2.00. The van der Waals surface area contributed by atoms with Crippen LogP contribution in [0.25, 0.3) is 0 Å². The number of carbonyl (C=O) groups is 1. The SMILES string of the molecule is CC(=O)NC1Cc2ccccc21. The zero-order valence-corrected chi connectivity index (χ0v) is 7.00. The highest BCUT2D eigenvalue weighted by Crippen LogP contribution is 2.32. The van der Waals surface area contributed by atoms with E-state index in [4.69, 9.17) is 0 Å². The molecule has 0 spiro atoms. The van der Waals surface area contributed by atoms with Crippen molar-refractivity contribution in [3.8, 4) is 0 Å². The molecule has 0 aromatic heterocycles. The van der Waals surface area contributed by atoms with Gasteiger partial charge < -0.3 is 5.32 Å². The van der Waals surface area contributed by atoms with E-state index in [1.54, 1.807) is 6.92 Å². The van der Waals surface area contributed by atoms with E-state index in [0.717, 1.165) is 6.42 Å². The maximum absolute atomic E-state index is 10.7. The molecule has 2 heteroatoms. The zero-order chi connectivity index (χ0) is 8.55. The number of benzene rings is 1. The Hall–Kier alpha value is -1.31. The molecule has 1 aliphatic carbocycles. The summed E-state index contributed by atoms with van der Waals surface area (Å²) in [5, 5.41) is 2.90. The first-order valence-electron chi connectivity index (χ1n) is 4.12. The van der Waals surface area contributed by atoms with Crippen molar-refractivity contribution in [3.63, 3.8) is 0 Å². The minimum Gasteiger partial charge on any atom is -0.349 e. The Labute approximate surface area is 71.6 Å². The molecule has 1 aromatic carbocycles. The normalized spacial score (nSPS) is 19.2. The number of fused-ring (bicyclic) bond motifs is 1. The second kappa shape index (κ2) is 2.63. The van der Waals surface area contributed by atoms with Crippen LogP contribution in [0.2, 0.25) is 0 Å². The van der Waals surface area contributed by atoms with Gasteiger partial charge in [-0.1, -0.05) is 24.3 Å². The monoisotopic (exact) mass is 161 g/mol. The summed E-state index contributed by atoms with van der Waals surface area (Å²) in [5.74, 6) is 0.0505. The number of amides is 1. The molecule has 1 atom stereocenters. The molecule has 12 heavy (non-hydrogen) atoms. The molecule has 1 unspecified atom stereocenters. The Morgan fingerprint density at radius 3 is 2.92 bits per heavy atom. The molecule has 1 aromatic rings. The van der Waals surface area contributed by atoms with Crippen LogP contribution in [0.4, 0.5) is 0 Å². The highest BCUT2D eigenvalue weighted by Gasteiger charge is 2.25. The summed E-state index contributed by atoms with van der Waals surface area (Å²) in [6.45, 7) is 1.56. The second-order valence-corrected chi connectivity index (χ2v) is 3.16. The molecule has 1 aliphatic rings. The highest BCUT2D eigenvalue weighted by atomic mass is 16.1. The molecule has 0 radical (unpaired) electrons. The van der Waals surface area contributed by atoms with Gasteiger partial charge in [-0.25, -0.2) is 0 Å². The lowest BCUT2D eigenvalue weighted by atomic mass is 9.83. The molecule has 0 fully saturated rings.